The molecule has 8 heteroatoms. The van der Waals surface area contributed by atoms with E-state index in [1.807, 2.05) is 0 Å². The van der Waals surface area contributed by atoms with Crippen LogP contribution in [0.4, 0.5) is 8.78 Å². The third kappa shape index (κ3) is 1.85. The molecule has 0 radical (unpaired) electrons. The van der Waals surface area contributed by atoms with Crippen molar-refractivity contribution in [1.29, 1.82) is 0 Å². The summed E-state index contributed by atoms with van der Waals surface area (Å²) in [6, 6.07) is -1.34. The van der Waals surface area contributed by atoms with Crippen LogP contribution in [0.5, 0.6) is 0 Å². The van der Waals surface area contributed by atoms with Gasteiger partial charge in [-0.25, -0.2) is 8.42 Å². The van der Waals surface area contributed by atoms with Gasteiger partial charge in [0.05, 0.1) is 0 Å². The third-order valence-electron chi connectivity index (χ3n) is 2.04. The molecule has 0 spiro atoms. The minimum absolute atomic E-state index is 0.0846. The molecular weight excluding hydrogens is 220 g/mol. The zero-order valence-corrected chi connectivity index (χ0v) is 7.88. The van der Waals surface area contributed by atoms with Crippen molar-refractivity contribution < 1.29 is 27.1 Å². The average molecular weight is 229 g/mol. The summed E-state index contributed by atoms with van der Waals surface area (Å²) in [7, 11) is -4.75. The van der Waals surface area contributed by atoms with Gasteiger partial charge in [-0.15, -0.1) is 0 Å². The van der Waals surface area contributed by atoms with Crippen LogP contribution in [0.15, 0.2) is 0 Å². The van der Waals surface area contributed by atoms with Gasteiger partial charge in [0.15, 0.2) is 0 Å². The van der Waals surface area contributed by atoms with Crippen LogP contribution < -0.4 is 0 Å². The predicted molar refractivity (Wildman–Crippen MR) is 42.3 cm³/mol. The van der Waals surface area contributed by atoms with Crippen molar-refractivity contribution in [1.82, 2.24) is 4.31 Å². The maximum absolute atomic E-state index is 12.1. The molecule has 1 saturated heterocycles. The molecule has 1 N–H and O–H groups in total. The molecule has 1 fully saturated rings. The molecule has 1 atom stereocenters. The van der Waals surface area contributed by atoms with E-state index in [1.165, 1.54) is 0 Å². The Morgan fingerprint density at radius 1 is 1.50 bits per heavy atom. The highest BCUT2D eigenvalue weighted by atomic mass is 32.2. The van der Waals surface area contributed by atoms with Crippen molar-refractivity contribution in [3.63, 3.8) is 0 Å². The number of halogens is 2. The van der Waals surface area contributed by atoms with E-state index < -0.39 is 27.8 Å². The van der Waals surface area contributed by atoms with E-state index in [0.717, 1.165) is 0 Å². The Bertz CT molecular complexity index is 329. The Morgan fingerprint density at radius 3 is 2.50 bits per heavy atom. The van der Waals surface area contributed by atoms with Gasteiger partial charge in [-0.05, 0) is 12.8 Å². The largest absolute Gasteiger partial charge is 0.480 e. The topological polar surface area (TPSA) is 74.7 Å². The molecule has 1 heterocycles. The predicted octanol–water partition coefficient (Wildman–Crippen LogP) is 0.0878. The zero-order valence-electron chi connectivity index (χ0n) is 7.06. The van der Waals surface area contributed by atoms with Gasteiger partial charge in [0.2, 0.25) is 0 Å². The van der Waals surface area contributed by atoms with Crippen LogP contribution in [0.2, 0.25) is 0 Å². The fraction of sp³-hybridized carbons (Fsp3) is 0.833. The summed E-state index contributed by atoms with van der Waals surface area (Å²) in [5, 5.41) is 8.58. The fourth-order valence-corrected chi connectivity index (χ4v) is 2.53. The Hall–Kier alpha value is -0.760. The van der Waals surface area contributed by atoms with Crippen molar-refractivity contribution in [3.8, 4) is 0 Å². The monoisotopic (exact) mass is 229 g/mol. The van der Waals surface area contributed by atoms with E-state index in [4.69, 9.17) is 5.11 Å². The highest BCUT2D eigenvalue weighted by Gasteiger charge is 2.42. The molecule has 1 aliphatic heterocycles. The Labute approximate surface area is 79.4 Å². The van der Waals surface area contributed by atoms with Crippen LogP contribution in [0, 0.1) is 0 Å². The van der Waals surface area contributed by atoms with E-state index >= 15 is 0 Å². The second kappa shape index (κ2) is 3.77. The summed E-state index contributed by atoms with van der Waals surface area (Å²) in [6.07, 6.45) is 0.379. The van der Waals surface area contributed by atoms with E-state index in [0.29, 0.717) is 10.7 Å². The van der Waals surface area contributed by atoms with Gasteiger partial charge in [-0.3, -0.25) is 4.79 Å². The van der Waals surface area contributed by atoms with Crippen LogP contribution in [-0.4, -0.2) is 42.1 Å². The Kier molecular flexibility index (Phi) is 3.05. The minimum Gasteiger partial charge on any atom is -0.480 e. The van der Waals surface area contributed by atoms with Crippen LogP contribution in [0.3, 0.4) is 0 Å². The van der Waals surface area contributed by atoms with Crippen LogP contribution >= 0.6 is 0 Å². The molecule has 0 aromatic heterocycles. The van der Waals surface area contributed by atoms with Crippen LogP contribution in [-0.2, 0) is 14.8 Å². The van der Waals surface area contributed by atoms with Crippen molar-refractivity contribution in [2.45, 2.75) is 24.6 Å². The van der Waals surface area contributed by atoms with Gasteiger partial charge in [0.25, 0.3) is 10.0 Å². The summed E-state index contributed by atoms with van der Waals surface area (Å²) in [4.78, 5) is 10.5. The number of hydrogen-bond donors (Lipinski definition) is 1. The van der Waals surface area contributed by atoms with Crippen molar-refractivity contribution in [2.75, 3.05) is 6.54 Å². The van der Waals surface area contributed by atoms with Crippen molar-refractivity contribution >= 4 is 16.0 Å². The van der Waals surface area contributed by atoms with Gasteiger partial charge >= 0.3 is 11.7 Å². The smallest absolute Gasteiger partial charge is 0.350 e. The standard InChI is InChI=1S/C6H9F2NO4S/c7-6(8)14(12,13)9-3-1-2-4(9)5(10)11/h4,6H,1-3H2,(H,10,11)/t4-/m1/s1. The molecule has 0 aromatic carbocycles. The summed E-state index contributed by atoms with van der Waals surface area (Å²) in [6.45, 7) is -0.149. The lowest BCUT2D eigenvalue weighted by Crippen LogP contribution is -2.42. The summed E-state index contributed by atoms with van der Waals surface area (Å²) in [5.74, 6) is -4.94. The molecule has 5 nitrogen and oxygen atoms in total. The first-order valence-corrected chi connectivity index (χ1v) is 5.39. The number of rotatable bonds is 3. The Balaban J connectivity index is 2.93. The number of carboxylic acids is 1. The van der Waals surface area contributed by atoms with E-state index in [2.05, 4.69) is 0 Å². The minimum atomic E-state index is -4.75. The van der Waals surface area contributed by atoms with Crippen LogP contribution in [0.25, 0.3) is 0 Å². The number of hydrogen-bond acceptors (Lipinski definition) is 3. The van der Waals surface area contributed by atoms with Gasteiger partial charge in [0, 0.05) is 6.54 Å². The molecule has 0 aromatic rings. The van der Waals surface area contributed by atoms with Crippen molar-refractivity contribution in [3.05, 3.63) is 0 Å². The quantitative estimate of drug-likeness (QED) is 0.744. The van der Waals surface area contributed by atoms with E-state index in [9.17, 15) is 22.0 Å². The second-order valence-electron chi connectivity index (χ2n) is 2.91. The summed E-state index contributed by atoms with van der Waals surface area (Å²) >= 11 is 0. The Morgan fingerprint density at radius 2 is 2.07 bits per heavy atom. The van der Waals surface area contributed by atoms with Gasteiger partial charge in [-0.1, -0.05) is 0 Å². The van der Waals surface area contributed by atoms with E-state index in [1.54, 1.807) is 0 Å². The number of carboxylic acid groups (broad SMARTS) is 1. The lowest BCUT2D eigenvalue weighted by atomic mass is 10.2. The van der Waals surface area contributed by atoms with Gasteiger partial charge < -0.3 is 5.11 Å². The SMILES string of the molecule is O=C(O)[C@H]1CCCN1S(=O)(=O)C(F)F. The molecule has 0 amide bonds. The maximum Gasteiger partial charge on any atom is 0.350 e. The molecule has 14 heavy (non-hydrogen) atoms. The lowest BCUT2D eigenvalue weighted by molar-refractivity contribution is -0.140. The van der Waals surface area contributed by atoms with E-state index in [-0.39, 0.29) is 13.0 Å². The molecule has 0 saturated carbocycles. The van der Waals surface area contributed by atoms with Crippen molar-refractivity contribution in [2.24, 2.45) is 0 Å². The third-order valence-corrected chi connectivity index (χ3v) is 3.58. The second-order valence-corrected chi connectivity index (χ2v) is 4.77. The highest BCUT2D eigenvalue weighted by molar-refractivity contribution is 7.89. The first kappa shape index (κ1) is 11.3. The molecule has 1 aliphatic rings. The number of sulfonamides is 1. The zero-order chi connectivity index (χ0) is 10.9. The first-order chi connectivity index (χ1) is 6.37. The number of nitrogens with zero attached hydrogens (tertiary/aromatic N) is 1. The molecule has 82 valence electrons. The van der Waals surface area contributed by atoms with Gasteiger partial charge in [0.1, 0.15) is 6.04 Å². The number of alkyl halides is 2. The summed E-state index contributed by atoms with van der Waals surface area (Å²) in [5.41, 5.74) is 0. The first-order valence-electron chi connectivity index (χ1n) is 3.89. The molecule has 0 unspecified atom stereocenters. The maximum atomic E-state index is 12.1. The lowest BCUT2D eigenvalue weighted by Gasteiger charge is -2.19. The van der Waals surface area contributed by atoms with Gasteiger partial charge in [-0.2, -0.15) is 13.1 Å². The highest BCUT2D eigenvalue weighted by Crippen LogP contribution is 2.24. The molecular formula is C6H9F2NO4S. The fourth-order valence-electron chi connectivity index (χ4n) is 1.39. The normalized spacial score (nSPS) is 24.4. The number of carbonyl (C=O) groups is 1. The summed E-state index contributed by atoms with van der Waals surface area (Å²) < 4.78 is 46.4. The molecule has 1 rings (SSSR count). The average Bonchev–Trinajstić information content (AvgIpc) is 2.51. The molecule has 0 aliphatic carbocycles. The number of aliphatic carboxylic acids is 1. The van der Waals surface area contributed by atoms with Crippen LogP contribution in [0.1, 0.15) is 12.8 Å². The molecule has 0 bridgehead atoms.